The Bertz CT molecular complexity index is 990. The van der Waals surface area contributed by atoms with Crippen molar-refractivity contribution in [2.45, 2.75) is 84.1 Å². The van der Waals surface area contributed by atoms with E-state index in [9.17, 15) is 9.59 Å². The van der Waals surface area contributed by atoms with E-state index in [1.165, 1.54) is 7.11 Å². The van der Waals surface area contributed by atoms with Crippen LogP contribution < -0.4 is 10.8 Å². The van der Waals surface area contributed by atoms with E-state index >= 15 is 0 Å². The SMILES string of the molecule is COC(=O)N[C@H](C(=O)N1CCC[C@H]1C1=Nc2cc(B3OC(C)(C)C(C)(C)O3)ccc2C1)C(C)C. The number of fused-ring (bicyclic) bond motifs is 1. The molecule has 1 N–H and O–H groups in total. The first-order valence-electron chi connectivity index (χ1n) is 12.1. The minimum Gasteiger partial charge on any atom is -0.453 e. The van der Waals surface area contributed by atoms with Crippen LogP contribution in [0.25, 0.3) is 0 Å². The van der Waals surface area contributed by atoms with E-state index in [4.69, 9.17) is 19.0 Å². The quantitative estimate of drug-likeness (QED) is 0.670. The summed E-state index contributed by atoms with van der Waals surface area (Å²) in [5.74, 6) is -0.141. The van der Waals surface area contributed by atoms with Crippen LogP contribution in [0.15, 0.2) is 23.2 Å². The molecule has 0 radical (unpaired) electrons. The fourth-order valence-electron chi connectivity index (χ4n) is 4.80. The number of likely N-dealkylation sites (tertiary alicyclic amines) is 1. The summed E-state index contributed by atoms with van der Waals surface area (Å²) in [4.78, 5) is 32.0. The first kappa shape index (κ1) is 24.7. The predicted octanol–water partition coefficient (Wildman–Crippen LogP) is 2.99. The zero-order valence-electron chi connectivity index (χ0n) is 21.3. The van der Waals surface area contributed by atoms with Gasteiger partial charge in [-0.2, -0.15) is 0 Å². The largest absolute Gasteiger partial charge is 0.494 e. The standard InChI is InChI=1S/C25H36BN3O5/c1-15(2)21(28-23(31)32-7)22(30)29-12-8-9-20(29)19-13-16-10-11-17(14-18(16)27-19)26-33-24(3,4)25(5,6)34-26/h10-11,14-15,20-21H,8-9,12-13H2,1-7H3,(H,28,31)/t20-,21-/m0/s1. The summed E-state index contributed by atoms with van der Waals surface area (Å²) >= 11 is 0. The lowest BCUT2D eigenvalue weighted by atomic mass is 9.78. The van der Waals surface area contributed by atoms with Gasteiger partial charge in [0.25, 0.3) is 0 Å². The number of nitrogens with one attached hydrogen (secondary N) is 1. The van der Waals surface area contributed by atoms with E-state index in [0.717, 1.165) is 35.3 Å². The molecule has 0 aromatic heterocycles. The number of rotatable bonds is 5. The Balaban J connectivity index is 1.53. The van der Waals surface area contributed by atoms with Gasteiger partial charge in [-0.3, -0.25) is 9.79 Å². The van der Waals surface area contributed by atoms with Crippen LogP contribution in [-0.2, 0) is 25.3 Å². The van der Waals surface area contributed by atoms with Crippen LogP contribution in [0, 0.1) is 5.92 Å². The summed E-state index contributed by atoms with van der Waals surface area (Å²) in [6.07, 6.45) is 1.90. The van der Waals surface area contributed by atoms with Gasteiger partial charge in [0.05, 0.1) is 30.0 Å². The summed E-state index contributed by atoms with van der Waals surface area (Å²) in [5.41, 5.74) is 3.19. The second-order valence-corrected chi connectivity index (χ2v) is 10.8. The number of amides is 2. The molecule has 0 spiro atoms. The number of methoxy groups -OCH3 is 1. The van der Waals surface area contributed by atoms with E-state index < -0.39 is 30.5 Å². The highest BCUT2D eigenvalue weighted by molar-refractivity contribution is 6.62. The molecule has 0 aliphatic carbocycles. The highest BCUT2D eigenvalue weighted by Crippen LogP contribution is 2.37. The van der Waals surface area contributed by atoms with Crippen LogP contribution in [0.2, 0.25) is 0 Å². The molecular formula is C25H36BN3O5. The minimum atomic E-state index is -0.632. The van der Waals surface area contributed by atoms with E-state index in [-0.39, 0.29) is 17.9 Å². The van der Waals surface area contributed by atoms with Crippen LogP contribution in [-0.4, -0.2) is 66.7 Å². The maximum Gasteiger partial charge on any atom is 0.494 e. The number of alkyl carbamates (subject to hydrolysis) is 1. The maximum absolute atomic E-state index is 13.4. The Labute approximate surface area is 202 Å². The normalized spacial score (nSPS) is 23.6. The van der Waals surface area contributed by atoms with Gasteiger partial charge in [-0.1, -0.05) is 26.0 Å². The summed E-state index contributed by atoms with van der Waals surface area (Å²) in [6, 6.07) is 5.48. The van der Waals surface area contributed by atoms with Gasteiger partial charge in [0.2, 0.25) is 5.91 Å². The van der Waals surface area contributed by atoms with Crippen molar-refractivity contribution < 1.29 is 23.6 Å². The number of hydrogen-bond donors (Lipinski definition) is 1. The van der Waals surface area contributed by atoms with Crippen molar-refractivity contribution in [1.82, 2.24) is 10.2 Å². The molecule has 3 aliphatic heterocycles. The van der Waals surface area contributed by atoms with E-state index in [2.05, 4.69) is 11.4 Å². The molecule has 2 saturated heterocycles. The van der Waals surface area contributed by atoms with Gasteiger partial charge in [0.15, 0.2) is 0 Å². The first-order chi connectivity index (χ1) is 15.9. The Morgan fingerprint density at radius 3 is 2.50 bits per heavy atom. The number of hydrogen-bond acceptors (Lipinski definition) is 6. The highest BCUT2D eigenvalue weighted by atomic mass is 16.7. The molecule has 0 unspecified atom stereocenters. The third-order valence-electron chi connectivity index (χ3n) is 7.58. The molecule has 4 rings (SSSR count). The molecule has 34 heavy (non-hydrogen) atoms. The smallest absolute Gasteiger partial charge is 0.453 e. The fraction of sp³-hybridized carbons (Fsp3) is 0.640. The number of ether oxygens (including phenoxy) is 1. The van der Waals surface area contributed by atoms with Crippen LogP contribution in [0.5, 0.6) is 0 Å². The molecule has 2 fully saturated rings. The molecule has 2 atom stereocenters. The first-order valence-corrected chi connectivity index (χ1v) is 12.1. The van der Waals surface area contributed by atoms with Gasteiger partial charge in [0.1, 0.15) is 6.04 Å². The second kappa shape index (κ2) is 9.00. The summed E-state index contributed by atoms with van der Waals surface area (Å²) in [5, 5.41) is 2.70. The summed E-state index contributed by atoms with van der Waals surface area (Å²) in [6.45, 7) is 12.7. The van der Waals surface area contributed by atoms with E-state index in [1.54, 1.807) is 0 Å². The van der Waals surface area contributed by atoms with E-state index in [1.807, 2.05) is 58.6 Å². The molecule has 2 amide bonds. The molecule has 3 heterocycles. The Morgan fingerprint density at radius 2 is 1.88 bits per heavy atom. The highest BCUT2D eigenvalue weighted by Gasteiger charge is 2.52. The Morgan fingerprint density at radius 1 is 1.21 bits per heavy atom. The molecule has 0 saturated carbocycles. The molecule has 1 aromatic rings. The summed E-state index contributed by atoms with van der Waals surface area (Å²) in [7, 11) is 0.869. The van der Waals surface area contributed by atoms with Crippen molar-refractivity contribution in [3.05, 3.63) is 23.8 Å². The van der Waals surface area contributed by atoms with Gasteiger partial charge in [0, 0.05) is 18.7 Å². The van der Waals surface area contributed by atoms with Crippen LogP contribution >= 0.6 is 0 Å². The fourth-order valence-corrected chi connectivity index (χ4v) is 4.80. The average Bonchev–Trinajstić information content (AvgIpc) is 3.46. The minimum absolute atomic E-state index is 0.0574. The molecular weight excluding hydrogens is 433 g/mol. The number of aliphatic imine (C=N–C) groups is 1. The van der Waals surface area contributed by atoms with Crippen molar-refractivity contribution in [1.29, 1.82) is 0 Å². The van der Waals surface area contributed by atoms with Gasteiger partial charge in [-0.05, 0) is 63.5 Å². The van der Waals surface area contributed by atoms with Gasteiger partial charge < -0.3 is 24.3 Å². The second-order valence-electron chi connectivity index (χ2n) is 10.8. The van der Waals surface area contributed by atoms with Gasteiger partial charge in [-0.15, -0.1) is 0 Å². The van der Waals surface area contributed by atoms with Crippen molar-refractivity contribution in [2.75, 3.05) is 13.7 Å². The number of benzene rings is 1. The molecule has 9 heteroatoms. The lowest BCUT2D eigenvalue weighted by Gasteiger charge is -2.32. The zero-order valence-corrected chi connectivity index (χ0v) is 21.3. The van der Waals surface area contributed by atoms with Crippen molar-refractivity contribution >= 4 is 36.0 Å². The Hall–Kier alpha value is -2.39. The average molecular weight is 469 g/mol. The van der Waals surface area contributed by atoms with Crippen molar-refractivity contribution in [3.63, 3.8) is 0 Å². The topological polar surface area (TPSA) is 89.5 Å². The monoisotopic (exact) mass is 469 g/mol. The van der Waals surface area contributed by atoms with Crippen LogP contribution in [0.3, 0.4) is 0 Å². The summed E-state index contributed by atoms with van der Waals surface area (Å²) < 4.78 is 17.1. The maximum atomic E-state index is 13.4. The molecule has 184 valence electrons. The predicted molar refractivity (Wildman–Crippen MR) is 132 cm³/mol. The lowest BCUT2D eigenvalue weighted by Crippen LogP contribution is -2.53. The van der Waals surface area contributed by atoms with Crippen LogP contribution in [0.4, 0.5) is 10.5 Å². The zero-order chi connectivity index (χ0) is 24.8. The molecule has 0 bridgehead atoms. The molecule has 1 aromatic carbocycles. The van der Waals surface area contributed by atoms with Crippen molar-refractivity contribution in [2.24, 2.45) is 10.9 Å². The molecule has 8 nitrogen and oxygen atoms in total. The van der Waals surface area contributed by atoms with Gasteiger partial charge in [-0.25, -0.2) is 4.79 Å². The van der Waals surface area contributed by atoms with Gasteiger partial charge >= 0.3 is 13.2 Å². The van der Waals surface area contributed by atoms with Crippen LogP contribution in [0.1, 0.15) is 59.9 Å². The van der Waals surface area contributed by atoms with E-state index in [0.29, 0.717) is 13.0 Å². The third kappa shape index (κ3) is 4.47. The molecule has 3 aliphatic rings. The number of carbonyl (C=O) groups is 2. The van der Waals surface area contributed by atoms with Crippen molar-refractivity contribution in [3.8, 4) is 0 Å². The number of nitrogens with zero attached hydrogens (tertiary/aromatic N) is 2. The Kier molecular flexibility index (Phi) is 6.55. The third-order valence-corrected chi connectivity index (χ3v) is 7.58. The number of carbonyl (C=O) groups excluding carboxylic acids is 2. The lowest BCUT2D eigenvalue weighted by molar-refractivity contribution is -0.134.